The SMILES string of the molecule is c1ccc(-c2ccc(-c3nc(-c4ccccc4)nc(-c4ccccc4-c4ccc(-c5ccccc5)cc4)n3)cc2)cc1. The first-order valence-electron chi connectivity index (χ1n) is 14.0. The molecule has 42 heavy (non-hydrogen) atoms. The molecule has 0 saturated carbocycles. The molecule has 7 aromatic rings. The summed E-state index contributed by atoms with van der Waals surface area (Å²) in [5.41, 5.74) is 9.77. The maximum atomic E-state index is 5.03. The lowest BCUT2D eigenvalue weighted by Gasteiger charge is -2.13. The van der Waals surface area contributed by atoms with E-state index in [0.29, 0.717) is 17.5 Å². The fourth-order valence-corrected chi connectivity index (χ4v) is 5.19. The quantitative estimate of drug-likeness (QED) is 0.212. The fraction of sp³-hybridized carbons (Fsp3) is 0. The third-order valence-corrected chi connectivity index (χ3v) is 7.39. The predicted octanol–water partition coefficient (Wildman–Crippen LogP) is 9.87. The first-order chi connectivity index (χ1) is 20.8. The lowest BCUT2D eigenvalue weighted by Crippen LogP contribution is -2.01. The van der Waals surface area contributed by atoms with Gasteiger partial charge < -0.3 is 0 Å². The Bertz CT molecular complexity index is 1930. The van der Waals surface area contributed by atoms with Crippen molar-refractivity contribution < 1.29 is 0 Å². The molecule has 0 amide bonds. The highest BCUT2D eigenvalue weighted by Crippen LogP contribution is 2.34. The van der Waals surface area contributed by atoms with Gasteiger partial charge in [-0.15, -0.1) is 0 Å². The van der Waals surface area contributed by atoms with Gasteiger partial charge in [0.1, 0.15) is 0 Å². The molecule has 3 nitrogen and oxygen atoms in total. The Labute approximate surface area is 245 Å². The van der Waals surface area contributed by atoms with E-state index in [0.717, 1.165) is 33.4 Å². The Hall–Kier alpha value is -5.67. The van der Waals surface area contributed by atoms with Gasteiger partial charge in [0.05, 0.1) is 0 Å². The van der Waals surface area contributed by atoms with Crippen LogP contribution in [-0.2, 0) is 0 Å². The Balaban J connectivity index is 1.32. The number of hydrogen-bond donors (Lipinski definition) is 0. The maximum absolute atomic E-state index is 5.03. The molecule has 1 aromatic heterocycles. The van der Waals surface area contributed by atoms with Crippen LogP contribution in [0.15, 0.2) is 164 Å². The van der Waals surface area contributed by atoms with Crippen molar-refractivity contribution >= 4 is 0 Å². The number of rotatable bonds is 6. The molecule has 198 valence electrons. The molecule has 0 aliphatic carbocycles. The van der Waals surface area contributed by atoms with Crippen LogP contribution in [0.5, 0.6) is 0 Å². The van der Waals surface area contributed by atoms with Gasteiger partial charge in [-0.05, 0) is 33.4 Å². The highest BCUT2D eigenvalue weighted by atomic mass is 15.0. The van der Waals surface area contributed by atoms with Crippen LogP contribution in [0.3, 0.4) is 0 Å². The van der Waals surface area contributed by atoms with Gasteiger partial charge in [0.2, 0.25) is 0 Å². The van der Waals surface area contributed by atoms with Crippen LogP contribution in [-0.4, -0.2) is 15.0 Å². The van der Waals surface area contributed by atoms with Gasteiger partial charge in [0.15, 0.2) is 17.5 Å². The van der Waals surface area contributed by atoms with Gasteiger partial charge in [0, 0.05) is 16.7 Å². The Morgan fingerprint density at radius 3 is 1.02 bits per heavy atom. The minimum Gasteiger partial charge on any atom is -0.208 e. The molecule has 0 aliphatic heterocycles. The fourth-order valence-electron chi connectivity index (χ4n) is 5.19. The molecule has 0 N–H and O–H groups in total. The van der Waals surface area contributed by atoms with E-state index in [9.17, 15) is 0 Å². The molecule has 1 heterocycles. The van der Waals surface area contributed by atoms with E-state index in [4.69, 9.17) is 15.0 Å². The summed E-state index contributed by atoms with van der Waals surface area (Å²) in [5.74, 6) is 1.94. The van der Waals surface area contributed by atoms with Crippen LogP contribution >= 0.6 is 0 Å². The highest BCUT2D eigenvalue weighted by molar-refractivity contribution is 5.83. The summed E-state index contributed by atoms with van der Waals surface area (Å²) in [5, 5.41) is 0. The summed E-state index contributed by atoms with van der Waals surface area (Å²) >= 11 is 0. The molecule has 0 atom stereocenters. The molecule has 7 rings (SSSR count). The first kappa shape index (κ1) is 25.3. The van der Waals surface area contributed by atoms with Crippen molar-refractivity contribution in [3.8, 4) is 67.5 Å². The highest BCUT2D eigenvalue weighted by Gasteiger charge is 2.15. The molecule has 0 aliphatic rings. The molecular formula is C39H27N3. The summed E-state index contributed by atoms with van der Waals surface area (Å²) in [7, 11) is 0. The zero-order valence-electron chi connectivity index (χ0n) is 22.9. The van der Waals surface area contributed by atoms with Gasteiger partial charge >= 0.3 is 0 Å². The second kappa shape index (κ2) is 11.4. The monoisotopic (exact) mass is 537 g/mol. The van der Waals surface area contributed by atoms with Crippen LogP contribution in [0.1, 0.15) is 0 Å². The first-order valence-corrected chi connectivity index (χ1v) is 14.0. The van der Waals surface area contributed by atoms with E-state index >= 15 is 0 Å². The molecule has 0 unspecified atom stereocenters. The van der Waals surface area contributed by atoms with Crippen LogP contribution in [0.2, 0.25) is 0 Å². The average molecular weight is 538 g/mol. The van der Waals surface area contributed by atoms with Crippen LogP contribution in [0, 0.1) is 0 Å². The molecule has 0 bridgehead atoms. The van der Waals surface area contributed by atoms with Crippen molar-refractivity contribution in [3.05, 3.63) is 164 Å². The van der Waals surface area contributed by atoms with Crippen molar-refractivity contribution in [1.82, 2.24) is 15.0 Å². The second-order valence-electron chi connectivity index (χ2n) is 10.1. The van der Waals surface area contributed by atoms with Crippen molar-refractivity contribution in [2.45, 2.75) is 0 Å². The molecule has 3 heteroatoms. The average Bonchev–Trinajstić information content (AvgIpc) is 3.09. The molecular weight excluding hydrogens is 510 g/mol. The van der Waals surface area contributed by atoms with E-state index in [2.05, 4.69) is 115 Å². The summed E-state index contributed by atoms with van der Waals surface area (Å²) in [4.78, 5) is 15.0. The molecule has 0 radical (unpaired) electrons. The smallest absolute Gasteiger partial charge is 0.164 e. The van der Waals surface area contributed by atoms with Gasteiger partial charge in [-0.1, -0.05) is 164 Å². The third-order valence-electron chi connectivity index (χ3n) is 7.39. The van der Waals surface area contributed by atoms with Crippen molar-refractivity contribution in [3.63, 3.8) is 0 Å². The summed E-state index contributed by atoms with van der Waals surface area (Å²) in [6.45, 7) is 0. The van der Waals surface area contributed by atoms with E-state index in [-0.39, 0.29) is 0 Å². The van der Waals surface area contributed by atoms with Crippen molar-refractivity contribution in [2.75, 3.05) is 0 Å². The number of benzene rings is 6. The third kappa shape index (κ3) is 5.24. The largest absolute Gasteiger partial charge is 0.208 e. The van der Waals surface area contributed by atoms with E-state index in [1.165, 1.54) is 16.7 Å². The Morgan fingerprint density at radius 2 is 0.524 bits per heavy atom. The van der Waals surface area contributed by atoms with Crippen LogP contribution in [0.4, 0.5) is 0 Å². The van der Waals surface area contributed by atoms with E-state index < -0.39 is 0 Å². The van der Waals surface area contributed by atoms with E-state index in [1.807, 2.05) is 48.5 Å². The second-order valence-corrected chi connectivity index (χ2v) is 10.1. The summed E-state index contributed by atoms with van der Waals surface area (Å²) in [6, 6.07) is 56.3. The Morgan fingerprint density at radius 1 is 0.214 bits per heavy atom. The lowest BCUT2D eigenvalue weighted by atomic mass is 9.96. The maximum Gasteiger partial charge on any atom is 0.164 e. The van der Waals surface area contributed by atoms with Crippen LogP contribution < -0.4 is 0 Å². The van der Waals surface area contributed by atoms with Gasteiger partial charge in [-0.3, -0.25) is 0 Å². The normalized spacial score (nSPS) is 10.9. The topological polar surface area (TPSA) is 38.7 Å². The zero-order chi connectivity index (χ0) is 28.1. The lowest BCUT2D eigenvalue weighted by molar-refractivity contribution is 1.07. The van der Waals surface area contributed by atoms with Gasteiger partial charge in [-0.2, -0.15) is 0 Å². The number of hydrogen-bond acceptors (Lipinski definition) is 3. The minimum atomic E-state index is 0.646. The Kier molecular flexibility index (Phi) is 6.89. The zero-order valence-corrected chi connectivity index (χ0v) is 22.9. The van der Waals surface area contributed by atoms with Gasteiger partial charge in [0.25, 0.3) is 0 Å². The van der Waals surface area contributed by atoms with Crippen molar-refractivity contribution in [1.29, 1.82) is 0 Å². The van der Waals surface area contributed by atoms with Crippen LogP contribution in [0.25, 0.3) is 67.5 Å². The minimum absolute atomic E-state index is 0.646. The summed E-state index contributed by atoms with van der Waals surface area (Å²) < 4.78 is 0. The standard InChI is InChI=1S/C39H27N3/c1-4-12-28(13-5-1)30-20-24-32(25-21-30)35-18-10-11-19-36(35)39-41-37(33-16-8-3-9-17-33)40-38(42-39)34-26-22-31(23-27-34)29-14-6-2-7-15-29/h1-27H. The molecule has 6 aromatic carbocycles. The number of nitrogens with zero attached hydrogens (tertiary/aromatic N) is 3. The summed E-state index contributed by atoms with van der Waals surface area (Å²) in [6.07, 6.45) is 0. The van der Waals surface area contributed by atoms with E-state index in [1.54, 1.807) is 0 Å². The molecule has 0 spiro atoms. The van der Waals surface area contributed by atoms with Gasteiger partial charge in [-0.25, -0.2) is 15.0 Å². The molecule has 0 saturated heterocycles. The number of aromatic nitrogens is 3. The van der Waals surface area contributed by atoms with Crippen molar-refractivity contribution in [2.24, 2.45) is 0 Å². The molecule has 0 fully saturated rings. The predicted molar refractivity (Wildman–Crippen MR) is 172 cm³/mol.